The van der Waals surface area contributed by atoms with E-state index in [2.05, 4.69) is 32.5 Å². The summed E-state index contributed by atoms with van der Waals surface area (Å²) in [5, 5.41) is 13.8. The number of amides is 2. The van der Waals surface area contributed by atoms with Crippen molar-refractivity contribution in [1.82, 2.24) is 5.32 Å². The fraction of sp³-hybridized carbons (Fsp3) is 0.231. The number of carboxylic acid groups (broad SMARTS) is 1. The smallest absolute Gasteiger partial charge is 0.327 e. The highest BCUT2D eigenvalue weighted by Gasteiger charge is 2.19. The molecule has 0 aromatic heterocycles. The van der Waals surface area contributed by atoms with E-state index in [1.165, 1.54) is 0 Å². The highest BCUT2D eigenvalue weighted by atomic mass is 79.9. The van der Waals surface area contributed by atoms with Crippen molar-refractivity contribution >= 4 is 33.6 Å². The summed E-state index contributed by atoms with van der Waals surface area (Å²) in [6.07, 6.45) is 4.98. The number of halogens is 1. The van der Waals surface area contributed by atoms with E-state index in [0.717, 1.165) is 10.0 Å². The van der Waals surface area contributed by atoms with E-state index in [9.17, 15) is 9.59 Å². The van der Waals surface area contributed by atoms with Gasteiger partial charge in [-0.2, -0.15) is 0 Å². The Bertz CT molecular complexity index is 537. The highest BCUT2D eigenvalue weighted by molar-refractivity contribution is 9.10. The predicted molar refractivity (Wildman–Crippen MR) is 75.9 cm³/mol. The van der Waals surface area contributed by atoms with E-state index in [-0.39, 0.29) is 6.42 Å². The van der Waals surface area contributed by atoms with Gasteiger partial charge < -0.3 is 15.7 Å². The first kappa shape index (κ1) is 15.1. The van der Waals surface area contributed by atoms with Gasteiger partial charge in [0.05, 0.1) is 0 Å². The number of carbonyl (C=O) groups excluding carboxylic acids is 1. The number of hydrogen-bond donors (Lipinski definition) is 3. The van der Waals surface area contributed by atoms with Crippen molar-refractivity contribution in [2.24, 2.45) is 0 Å². The fourth-order valence-corrected chi connectivity index (χ4v) is 1.74. The number of rotatable bonds is 4. The first-order chi connectivity index (χ1) is 8.95. The van der Waals surface area contributed by atoms with Crippen molar-refractivity contribution in [3.8, 4) is 12.3 Å². The van der Waals surface area contributed by atoms with Crippen LogP contribution in [0.5, 0.6) is 0 Å². The summed E-state index contributed by atoms with van der Waals surface area (Å²) in [5.74, 6) is 1.04. The van der Waals surface area contributed by atoms with Crippen LogP contribution in [-0.2, 0) is 4.79 Å². The molecule has 3 N–H and O–H groups in total. The highest BCUT2D eigenvalue weighted by Crippen LogP contribution is 2.23. The van der Waals surface area contributed by atoms with Crippen LogP contribution in [0.15, 0.2) is 22.7 Å². The van der Waals surface area contributed by atoms with Crippen molar-refractivity contribution in [1.29, 1.82) is 0 Å². The second-order valence-electron chi connectivity index (χ2n) is 3.81. The minimum Gasteiger partial charge on any atom is -0.480 e. The molecule has 1 aromatic carbocycles. The van der Waals surface area contributed by atoms with Crippen LogP contribution in [0.4, 0.5) is 10.5 Å². The third-order valence-electron chi connectivity index (χ3n) is 2.44. The molecule has 0 aliphatic rings. The molecule has 0 aliphatic heterocycles. The van der Waals surface area contributed by atoms with Crippen molar-refractivity contribution in [3.05, 3.63) is 28.2 Å². The number of hydrogen-bond acceptors (Lipinski definition) is 2. The molecule has 0 saturated heterocycles. The Morgan fingerprint density at radius 3 is 2.79 bits per heavy atom. The number of nitrogens with one attached hydrogen (secondary N) is 2. The summed E-state index contributed by atoms with van der Waals surface area (Å²) in [6, 6.07) is 3.62. The lowest BCUT2D eigenvalue weighted by molar-refractivity contribution is -0.139. The molecule has 0 bridgehead atoms. The number of benzene rings is 1. The van der Waals surface area contributed by atoms with Gasteiger partial charge in [0.15, 0.2) is 0 Å². The molecule has 0 saturated carbocycles. The summed E-state index contributed by atoms with van der Waals surface area (Å²) < 4.78 is 0.851. The number of urea groups is 1. The molecule has 1 aromatic rings. The lowest BCUT2D eigenvalue weighted by Crippen LogP contribution is -2.42. The molecule has 1 rings (SSSR count). The molecule has 1 unspecified atom stereocenters. The van der Waals surface area contributed by atoms with Gasteiger partial charge in [-0.15, -0.1) is 12.3 Å². The zero-order valence-corrected chi connectivity index (χ0v) is 11.8. The van der Waals surface area contributed by atoms with Crippen LogP contribution in [0.1, 0.15) is 12.0 Å². The number of terminal acetylenes is 1. The third-order valence-corrected chi connectivity index (χ3v) is 3.30. The molecule has 19 heavy (non-hydrogen) atoms. The second kappa shape index (κ2) is 6.81. The Balaban J connectivity index is 2.72. The average Bonchev–Trinajstić information content (AvgIpc) is 2.34. The van der Waals surface area contributed by atoms with E-state index >= 15 is 0 Å². The number of aliphatic carboxylic acids is 1. The van der Waals surface area contributed by atoms with E-state index in [1.54, 1.807) is 12.1 Å². The van der Waals surface area contributed by atoms with E-state index in [1.807, 2.05) is 13.0 Å². The SMILES string of the molecule is C#CCC(NC(=O)Nc1cccc(Br)c1C)C(=O)O. The maximum absolute atomic E-state index is 11.7. The molecular formula is C13H13BrN2O3. The minimum atomic E-state index is -1.17. The largest absolute Gasteiger partial charge is 0.480 e. The molecular weight excluding hydrogens is 312 g/mol. The molecule has 0 radical (unpaired) electrons. The zero-order valence-electron chi connectivity index (χ0n) is 10.2. The molecule has 100 valence electrons. The molecule has 0 heterocycles. The fourth-order valence-electron chi connectivity index (χ4n) is 1.38. The summed E-state index contributed by atoms with van der Waals surface area (Å²) in [6.45, 7) is 1.83. The number of anilines is 1. The standard InChI is InChI=1S/C13H13BrN2O3/c1-3-5-11(12(17)18)16-13(19)15-10-7-4-6-9(14)8(10)2/h1,4,6-7,11H,5H2,2H3,(H,17,18)(H2,15,16,19). The number of carbonyl (C=O) groups is 2. The van der Waals surface area contributed by atoms with Gasteiger partial charge in [-0.3, -0.25) is 0 Å². The van der Waals surface area contributed by atoms with Crippen LogP contribution in [0.2, 0.25) is 0 Å². The van der Waals surface area contributed by atoms with Gasteiger partial charge in [0.25, 0.3) is 0 Å². The summed E-state index contributed by atoms with van der Waals surface area (Å²) >= 11 is 3.34. The van der Waals surface area contributed by atoms with E-state index in [0.29, 0.717) is 5.69 Å². The van der Waals surface area contributed by atoms with Gasteiger partial charge >= 0.3 is 12.0 Å². The van der Waals surface area contributed by atoms with Gasteiger partial charge in [0, 0.05) is 16.6 Å². The Labute approximate surface area is 119 Å². The first-order valence-electron chi connectivity index (χ1n) is 5.44. The molecule has 6 heteroatoms. The van der Waals surface area contributed by atoms with Gasteiger partial charge in [0.2, 0.25) is 0 Å². The topological polar surface area (TPSA) is 78.4 Å². The van der Waals surface area contributed by atoms with Gasteiger partial charge in [-0.1, -0.05) is 22.0 Å². The normalized spacial score (nSPS) is 11.2. The molecule has 0 spiro atoms. The van der Waals surface area contributed by atoms with Crippen LogP contribution in [0, 0.1) is 19.3 Å². The van der Waals surface area contributed by atoms with E-state index < -0.39 is 18.0 Å². The van der Waals surface area contributed by atoms with Crippen molar-refractivity contribution in [2.75, 3.05) is 5.32 Å². The predicted octanol–water partition coefficient (Wildman–Crippen LogP) is 2.36. The number of carboxylic acids is 1. The summed E-state index contributed by atoms with van der Waals surface area (Å²) in [5.41, 5.74) is 1.44. The lowest BCUT2D eigenvalue weighted by atomic mass is 10.2. The average molecular weight is 325 g/mol. The monoisotopic (exact) mass is 324 g/mol. The Kier molecular flexibility index (Phi) is 5.39. The maximum Gasteiger partial charge on any atom is 0.327 e. The van der Waals surface area contributed by atoms with Crippen molar-refractivity contribution in [3.63, 3.8) is 0 Å². The lowest BCUT2D eigenvalue weighted by Gasteiger charge is -2.14. The van der Waals surface area contributed by atoms with Gasteiger partial charge in [-0.25, -0.2) is 9.59 Å². The molecule has 1 atom stereocenters. The first-order valence-corrected chi connectivity index (χ1v) is 6.24. The Hall–Kier alpha value is -2.00. The minimum absolute atomic E-state index is 0.0692. The van der Waals surface area contributed by atoms with E-state index in [4.69, 9.17) is 11.5 Å². The van der Waals surface area contributed by atoms with Crippen LogP contribution < -0.4 is 10.6 Å². The second-order valence-corrected chi connectivity index (χ2v) is 4.66. The molecule has 0 aliphatic carbocycles. The maximum atomic E-state index is 11.7. The van der Waals surface area contributed by atoms with Crippen molar-refractivity contribution in [2.45, 2.75) is 19.4 Å². The van der Waals surface area contributed by atoms with Gasteiger partial charge in [-0.05, 0) is 24.6 Å². The third kappa shape index (κ3) is 4.30. The molecule has 2 amide bonds. The van der Waals surface area contributed by atoms with Crippen molar-refractivity contribution < 1.29 is 14.7 Å². The van der Waals surface area contributed by atoms with Crippen LogP contribution >= 0.6 is 15.9 Å². The zero-order chi connectivity index (χ0) is 14.4. The Morgan fingerprint density at radius 2 is 2.21 bits per heavy atom. The molecule has 0 fully saturated rings. The Morgan fingerprint density at radius 1 is 1.53 bits per heavy atom. The van der Waals surface area contributed by atoms with Crippen LogP contribution in [0.25, 0.3) is 0 Å². The van der Waals surface area contributed by atoms with Gasteiger partial charge in [0.1, 0.15) is 6.04 Å². The van der Waals surface area contributed by atoms with Crippen LogP contribution in [-0.4, -0.2) is 23.1 Å². The van der Waals surface area contributed by atoms with Crippen LogP contribution in [0.3, 0.4) is 0 Å². The quantitative estimate of drug-likeness (QED) is 0.744. The summed E-state index contributed by atoms with van der Waals surface area (Å²) in [4.78, 5) is 22.5. The molecule has 5 nitrogen and oxygen atoms in total. The summed E-state index contributed by atoms with van der Waals surface area (Å²) in [7, 11) is 0.